The van der Waals surface area contributed by atoms with E-state index < -0.39 is 18.4 Å². The molecule has 0 aromatic rings. The molecule has 1 fully saturated rings. The Morgan fingerprint density at radius 1 is 1.71 bits per heavy atom. The highest BCUT2D eigenvalue weighted by molar-refractivity contribution is 8.00. The van der Waals surface area contributed by atoms with Gasteiger partial charge in [0, 0.05) is 11.3 Å². The Hall–Kier alpha value is -0.360. The van der Waals surface area contributed by atoms with Crippen LogP contribution in [0.3, 0.4) is 0 Å². The third kappa shape index (κ3) is 2.57. The number of carbonyl (C=O) groups excluding carboxylic acids is 1. The second kappa shape index (κ2) is 4.44. The van der Waals surface area contributed by atoms with Gasteiger partial charge in [0.25, 0.3) is 5.91 Å². The average Bonchev–Trinajstić information content (AvgIpc) is 2.52. The van der Waals surface area contributed by atoms with Crippen molar-refractivity contribution >= 4 is 17.7 Å². The lowest BCUT2D eigenvalue weighted by Crippen LogP contribution is -2.50. The van der Waals surface area contributed by atoms with Crippen LogP contribution in [-0.4, -0.2) is 35.4 Å². The molecule has 2 unspecified atom stereocenters. The fourth-order valence-electron chi connectivity index (χ4n) is 1.29. The zero-order valence-corrected chi connectivity index (χ0v) is 8.74. The number of carbonyl (C=O) groups is 1. The Labute approximate surface area is 85.8 Å². The Morgan fingerprint density at radius 2 is 2.36 bits per heavy atom. The smallest absolute Gasteiger partial charge is 0.336 e. The third-order valence-electron chi connectivity index (χ3n) is 2.28. The average molecular weight is 224 g/mol. The first-order valence-electron chi connectivity index (χ1n) is 4.48. The standard InChI is InChI=1S/C8H14F2N2OS/c1-5-6(2-3-14-5)12-7(13)8(9,10)4-11/h5-6H,2-4,11H2,1H3,(H,12,13). The molecule has 0 aromatic carbocycles. The van der Waals surface area contributed by atoms with Crippen LogP contribution >= 0.6 is 11.8 Å². The van der Waals surface area contributed by atoms with Crippen molar-refractivity contribution in [1.82, 2.24) is 5.32 Å². The van der Waals surface area contributed by atoms with Crippen molar-refractivity contribution in [3.05, 3.63) is 0 Å². The Kier molecular flexibility index (Phi) is 3.71. The molecular formula is C8H14F2N2OS. The second-order valence-corrected chi connectivity index (χ2v) is 4.84. The molecule has 1 aliphatic heterocycles. The van der Waals surface area contributed by atoms with Gasteiger partial charge < -0.3 is 11.1 Å². The van der Waals surface area contributed by atoms with Crippen LogP contribution in [0.25, 0.3) is 0 Å². The maximum absolute atomic E-state index is 12.8. The van der Waals surface area contributed by atoms with Crippen molar-refractivity contribution in [3.8, 4) is 0 Å². The summed E-state index contributed by atoms with van der Waals surface area (Å²) in [5.74, 6) is -3.79. The summed E-state index contributed by atoms with van der Waals surface area (Å²) in [5, 5.41) is 2.53. The molecule has 3 nitrogen and oxygen atoms in total. The van der Waals surface area contributed by atoms with Crippen molar-refractivity contribution in [2.45, 2.75) is 30.6 Å². The molecule has 1 heterocycles. The lowest BCUT2D eigenvalue weighted by Gasteiger charge is -2.20. The molecule has 3 N–H and O–H groups in total. The highest BCUT2D eigenvalue weighted by Crippen LogP contribution is 2.26. The molecular weight excluding hydrogens is 210 g/mol. The van der Waals surface area contributed by atoms with Gasteiger partial charge in [-0.25, -0.2) is 0 Å². The first-order chi connectivity index (χ1) is 6.47. The Balaban J connectivity index is 2.48. The van der Waals surface area contributed by atoms with Crippen LogP contribution in [0, 0.1) is 0 Å². The van der Waals surface area contributed by atoms with Crippen LogP contribution in [0.1, 0.15) is 13.3 Å². The summed E-state index contributed by atoms with van der Waals surface area (Å²) in [6.07, 6.45) is 0.748. The fraction of sp³-hybridized carbons (Fsp3) is 0.875. The van der Waals surface area contributed by atoms with Gasteiger partial charge in [0.2, 0.25) is 0 Å². The van der Waals surface area contributed by atoms with E-state index in [-0.39, 0.29) is 11.3 Å². The summed E-state index contributed by atoms with van der Waals surface area (Å²) >= 11 is 1.67. The lowest BCUT2D eigenvalue weighted by atomic mass is 10.1. The molecule has 1 rings (SSSR count). The molecule has 6 heteroatoms. The molecule has 14 heavy (non-hydrogen) atoms. The molecule has 0 bridgehead atoms. The van der Waals surface area contributed by atoms with Gasteiger partial charge >= 0.3 is 5.92 Å². The summed E-state index contributed by atoms with van der Waals surface area (Å²) in [7, 11) is 0. The van der Waals surface area contributed by atoms with Crippen molar-refractivity contribution < 1.29 is 13.6 Å². The maximum Gasteiger partial charge on any atom is 0.336 e. The number of nitrogens with two attached hydrogens (primary N) is 1. The number of hydrogen-bond donors (Lipinski definition) is 2. The largest absolute Gasteiger partial charge is 0.347 e. The predicted molar refractivity (Wildman–Crippen MR) is 52.5 cm³/mol. The number of thioether (sulfide) groups is 1. The topological polar surface area (TPSA) is 55.1 Å². The molecule has 1 amide bonds. The number of halogens is 2. The van der Waals surface area contributed by atoms with Gasteiger partial charge in [0.05, 0.1) is 6.54 Å². The fourth-order valence-corrected chi connectivity index (χ4v) is 2.49. The van der Waals surface area contributed by atoms with Crippen LogP contribution < -0.4 is 11.1 Å². The molecule has 82 valence electrons. The second-order valence-electron chi connectivity index (χ2n) is 3.35. The minimum absolute atomic E-state index is 0.148. The van der Waals surface area contributed by atoms with Gasteiger partial charge in [-0.3, -0.25) is 4.79 Å². The van der Waals surface area contributed by atoms with Crippen LogP contribution in [0.2, 0.25) is 0 Å². The SMILES string of the molecule is CC1SCCC1NC(=O)C(F)(F)CN. The van der Waals surface area contributed by atoms with E-state index >= 15 is 0 Å². The zero-order chi connectivity index (χ0) is 10.8. The molecule has 1 saturated heterocycles. The van der Waals surface area contributed by atoms with Crippen molar-refractivity contribution in [1.29, 1.82) is 0 Å². The van der Waals surface area contributed by atoms with E-state index in [4.69, 9.17) is 5.73 Å². The predicted octanol–water partition coefficient (Wildman–Crippen LogP) is 0.591. The van der Waals surface area contributed by atoms with E-state index in [1.165, 1.54) is 0 Å². The molecule has 0 radical (unpaired) electrons. The zero-order valence-electron chi connectivity index (χ0n) is 7.93. The van der Waals surface area contributed by atoms with E-state index in [0.717, 1.165) is 12.2 Å². The van der Waals surface area contributed by atoms with Gasteiger partial charge in [0.15, 0.2) is 0 Å². The number of rotatable bonds is 3. The normalized spacial score (nSPS) is 27.7. The van der Waals surface area contributed by atoms with Crippen molar-refractivity contribution in [3.63, 3.8) is 0 Å². The highest BCUT2D eigenvalue weighted by Gasteiger charge is 2.39. The monoisotopic (exact) mass is 224 g/mol. The van der Waals surface area contributed by atoms with Gasteiger partial charge in [-0.15, -0.1) is 0 Å². The minimum Gasteiger partial charge on any atom is -0.347 e. The molecule has 1 aliphatic rings. The first kappa shape index (κ1) is 11.7. The van der Waals surface area contributed by atoms with Crippen molar-refractivity contribution in [2.75, 3.05) is 12.3 Å². The Morgan fingerprint density at radius 3 is 2.79 bits per heavy atom. The molecule has 0 aromatic heterocycles. The summed E-state index contributed by atoms with van der Waals surface area (Å²) in [6, 6.07) is -0.148. The minimum atomic E-state index is -3.44. The number of alkyl halides is 2. The summed E-state index contributed by atoms with van der Waals surface area (Å²) < 4.78 is 25.6. The quantitative estimate of drug-likeness (QED) is 0.737. The van der Waals surface area contributed by atoms with E-state index in [0.29, 0.717) is 0 Å². The van der Waals surface area contributed by atoms with E-state index in [9.17, 15) is 13.6 Å². The van der Waals surface area contributed by atoms with E-state index in [1.54, 1.807) is 11.8 Å². The molecule has 0 saturated carbocycles. The van der Waals surface area contributed by atoms with Gasteiger partial charge in [-0.05, 0) is 12.2 Å². The van der Waals surface area contributed by atoms with Gasteiger partial charge in [-0.1, -0.05) is 6.92 Å². The molecule has 0 spiro atoms. The lowest BCUT2D eigenvalue weighted by molar-refractivity contribution is -0.144. The molecule has 2 atom stereocenters. The van der Waals surface area contributed by atoms with Crippen LogP contribution in [-0.2, 0) is 4.79 Å². The Bertz CT molecular complexity index is 225. The van der Waals surface area contributed by atoms with Gasteiger partial charge in [0.1, 0.15) is 0 Å². The van der Waals surface area contributed by atoms with Crippen LogP contribution in [0.4, 0.5) is 8.78 Å². The summed E-state index contributed by atoms with van der Waals surface area (Å²) in [4.78, 5) is 11.0. The van der Waals surface area contributed by atoms with Crippen LogP contribution in [0.5, 0.6) is 0 Å². The van der Waals surface area contributed by atoms with Gasteiger partial charge in [-0.2, -0.15) is 20.5 Å². The van der Waals surface area contributed by atoms with E-state index in [1.807, 2.05) is 6.92 Å². The highest BCUT2D eigenvalue weighted by atomic mass is 32.2. The first-order valence-corrected chi connectivity index (χ1v) is 5.52. The van der Waals surface area contributed by atoms with Crippen LogP contribution in [0.15, 0.2) is 0 Å². The number of hydrogen-bond acceptors (Lipinski definition) is 3. The summed E-state index contributed by atoms with van der Waals surface area (Å²) in [5.41, 5.74) is 4.80. The van der Waals surface area contributed by atoms with Crippen molar-refractivity contribution in [2.24, 2.45) is 5.73 Å². The number of nitrogens with one attached hydrogen (secondary N) is 1. The molecule has 0 aliphatic carbocycles. The maximum atomic E-state index is 12.8. The number of amides is 1. The summed E-state index contributed by atoms with van der Waals surface area (Å²) in [6.45, 7) is 0.982. The van der Waals surface area contributed by atoms with E-state index in [2.05, 4.69) is 5.32 Å². The third-order valence-corrected chi connectivity index (χ3v) is 3.61.